The number of hydrogen-bond donors (Lipinski definition) is 2. The average molecular weight is 266 g/mol. The van der Waals surface area contributed by atoms with Gasteiger partial charge in [-0.3, -0.25) is 4.79 Å². The van der Waals surface area contributed by atoms with Gasteiger partial charge >= 0.3 is 0 Å². The lowest BCUT2D eigenvalue weighted by molar-refractivity contribution is -0.116. The number of ether oxygens (including phenoxy) is 1. The van der Waals surface area contributed by atoms with Crippen LogP contribution in [0.5, 0.6) is 0 Å². The highest BCUT2D eigenvalue weighted by molar-refractivity contribution is 5.92. The molecule has 1 unspecified atom stereocenters. The lowest BCUT2D eigenvalue weighted by Gasteiger charge is -2.34. The van der Waals surface area contributed by atoms with Crippen LogP contribution in [0.3, 0.4) is 0 Å². The molecule has 1 heterocycles. The van der Waals surface area contributed by atoms with Gasteiger partial charge in [-0.1, -0.05) is 12.1 Å². The van der Waals surface area contributed by atoms with Gasteiger partial charge in [-0.2, -0.15) is 0 Å². The van der Waals surface area contributed by atoms with Crippen molar-refractivity contribution in [2.75, 3.05) is 25.1 Å². The van der Waals surface area contributed by atoms with E-state index < -0.39 is 5.82 Å². The minimum Gasteiger partial charge on any atom is -0.380 e. The Morgan fingerprint density at radius 3 is 2.95 bits per heavy atom. The van der Waals surface area contributed by atoms with Gasteiger partial charge in [0.25, 0.3) is 0 Å². The van der Waals surface area contributed by atoms with Crippen molar-refractivity contribution >= 4 is 11.6 Å². The summed E-state index contributed by atoms with van der Waals surface area (Å²) < 4.78 is 18.8. The number of benzene rings is 1. The van der Waals surface area contributed by atoms with Crippen LogP contribution in [-0.4, -0.2) is 31.2 Å². The van der Waals surface area contributed by atoms with Gasteiger partial charge in [0.05, 0.1) is 18.8 Å². The minimum atomic E-state index is -0.428. The van der Waals surface area contributed by atoms with E-state index in [1.165, 1.54) is 6.07 Å². The van der Waals surface area contributed by atoms with Gasteiger partial charge in [0.1, 0.15) is 5.82 Å². The third kappa shape index (κ3) is 4.01. The Kier molecular flexibility index (Phi) is 4.50. The van der Waals surface area contributed by atoms with Gasteiger partial charge in [-0.25, -0.2) is 4.39 Å². The first-order valence-corrected chi connectivity index (χ1v) is 6.46. The number of para-hydroxylation sites is 1. The van der Waals surface area contributed by atoms with Crippen LogP contribution in [0.4, 0.5) is 10.1 Å². The van der Waals surface area contributed by atoms with Gasteiger partial charge in [-0.15, -0.1) is 0 Å². The normalized spacial score (nSPS) is 23.1. The van der Waals surface area contributed by atoms with E-state index in [4.69, 9.17) is 4.74 Å². The minimum absolute atomic E-state index is 0.147. The monoisotopic (exact) mass is 266 g/mol. The van der Waals surface area contributed by atoms with Crippen LogP contribution in [-0.2, 0) is 9.53 Å². The Labute approximate surface area is 112 Å². The van der Waals surface area contributed by atoms with Gasteiger partial charge in [0.15, 0.2) is 0 Å². The Bertz CT molecular complexity index is 445. The summed E-state index contributed by atoms with van der Waals surface area (Å²) in [7, 11) is 0. The fourth-order valence-electron chi connectivity index (χ4n) is 2.12. The summed E-state index contributed by atoms with van der Waals surface area (Å²) in [4.78, 5) is 11.8. The molecule has 5 heteroatoms. The molecule has 0 saturated carbocycles. The Morgan fingerprint density at radius 2 is 2.26 bits per heavy atom. The maximum absolute atomic E-state index is 13.4. The molecule has 0 aromatic heterocycles. The molecule has 0 aliphatic carbocycles. The molecule has 1 saturated heterocycles. The van der Waals surface area contributed by atoms with Crippen LogP contribution in [0.25, 0.3) is 0 Å². The predicted molar refractivity (Wildman–Crippen MR) is 71.5 cm³/mol. The molecule has 19 heavy (non-hydrogen) atoms. The Morgan fingerprint density at radius 1 is 1.47 bits per heavy atom. The van der Waals surface area contributed by atoms with Gasteiger partial charge in [-0.05, 0) is 31.9 Å². The Hall–Kier alpha value is -1.46. The van der Waals surface area contributed by atoms with Crippen molar-refractivity contribution in [1.82, 2.24) is 5.32 Å². The first-order valence-electron chi connectivity index (χ1n) is 6.46. The summed E-state index contributed by atoms with van der Waals surface area (Å²) in [6.45, 7) is 3.55. The number of hydrogen-bond acceptors (Lipinski definition) is 3. The molecule has 104 valence electrons. The van der Waals surface area contributed by atoms with Gasteiger partial charge < -0.3 is 15.4 Å². The van der Waals surface area contributed by atoms with Crippen LogP contribution in [0, 0.1) is 5.82 Å². The SMILES string of the molecule is CC1(NCC(=O)Nc2ccccc2F)CCCOC1. The van der Waals surface area contributed by atoms with E-state index in [-0.39, 0.29) is 23.7 Å². The third-order valence-corrected chi connectivity index (χ3v) is 3.26. The van der Waals surface area contributed by atoms with E-state index in [1.54, 1.807) is 18.2 Å². The summed E-state index contributed by atoms with van der Waals surface area (Å²) in [6.07, 6.45) is 1.96. The van der Waals surface area contributed by atoms with E-state index in [0.717, 1.165) is 19.4 Å². The van der Waals surface area contributed by atoms with Crippen molar-refractivity contribution in [2.45, 2.75) is 25.3 Å². The second-order valence-electron chi connectivity index (χ2n) is 5.10. The highest BCUT2D eigenvalue weighted by atomic mass is 19.1. The zero-order valence-electron chi connectivity index (χ0n) is 11.0. The third-order valence-electron chi connectivity index (χ3n) is 3.26. The van der Waals surface area contributed by atoms with E-state index in [1.807, 2.05) is 6.92 Å². The first kappa shape index (κ1) is 14.0. The molecule has 2 rings (SSSR count). The molecular formula is C14H19FN2O2. The highest BCUT2D eigenvalue weighted by Crippen LogP contribution is 2.18. The first-order chi connectivity index (χ1) is 9.09. The average Bonchev–Trinajstić information content (AvgIpc) is 2.40. The summed E-state index contributed by atoms with van der Waals surface area (Å²) >= 11 is 0. The number of carbonyl (C=O) groups excluding carboxylic acids is 1. The molecule has 0 radical (unpaired) electrons. The van der Waals surface area contributed by atoms with Crippen molar-refractivity contribution in [1.29, 1.82) is 0 Å². The molecule has 1 aliphatic heterocycles. The number of rotatable bonds is 4. The number of anilines is 1. The van der Waals surface area contributed by atoms with Crippen LogP contribution >= 0.6 is 0 Å². The van der Waals surface area contributed by atoms with Crippen LogP contribution < -0.4 is 10.6 Å². The second kappa shape index (κ2) is 6.12. The van der Waals surface area contributed by atoms with Crippen molar-refractivity contribution in [3.05, 3.63) is 30.1 Å². The van der Waals surface area contributed by atoms with E-state index in [0.29, 0.717) is 6.61 Å². The van der Waals surface area contributed by atoms with Crippen molar-refractivity contribution in [2.24, 2.45) is 0 Å². The summed E-state index contributed by atoms with van der Waals surface area (Å²) in [6, 6.07) is 6.13. The fourth-order valence-corrected chi connectivity index (χ4v) is 2.12. The largest absolute Gasteiger partial charge is 0.380 e. The van der Waals surface area contributed by atoms with E-state index >= 15 is 0 Å². The lowest BCUT2D eigenvalue weighted by Crippen LogP contribution is -2.51. The lowest BCUT2D eigenvalue weighted by atomic mass is 9.95. The highest BCUT2D eigenvalue weighted by Gasteiger charge is 2.27. The quantitative estimate of drug-likeness (QED) is 0.875. The number of nitrogens with one attached hydrogen (secondary N) is 2. The number of halogens is 1. The molecule has 0 bridgehead atoms. The molecule has 1 fully saturated rings. The summed E-state index contributed by atoms with van der Waals surface area (Å²) in [5.74, 6) is -0.681. The van der Waals surface area contributed by atoms with E-state index in [2.05, 4.69) is 10.6 Å². The molecular weight excluding hydrogens is 247 g/mol. The molecule has 1 aromatic carbocycles. The smallest absolute Gasteiger partial charge is 0.238 e. The van der Waals surface area contributed by atoms with E-state index in [9.17, 15) is 9.18 Å². The van der Waals surface area contributed by atoms with Crippen molar-refractivity contribution < 1.29 is 13.9 Å². The fraction of sp³-hybridized carbons (Fsp3) is 0.500. The number of carbonyl (C=O) groups is 1. The topological polar surface area (TPSA) is 50.4 Å². The summed E-state index contributed by atoms with van der Waals surface area (Å²) in [5, 5.41) is 5.73. The molecule has 2 N–H and O–H groups in total. The van der Waals surface area contributed by atoms with Crippen LogP contribution in [0.2, 0.25) is 0 Å². The second-order valence-corrected chi connectivity index (χ2v) is 5.10. The number of amides is 1. The zero-order valence-corrected chi connectivity index (χ0v) is 11.0. The predicted octanol–water partition coefficient (Wildman–Crippen LogP) is 1.92. The van der Waals surface area contributed by atoms with Crippen LogP contribution in [0.1, 0.15) is 19.8 Å². The molecule has 1 aromatic rings. The molecule has 1 aliphatic rings. The standard InChI is InChI=1S/C14H19FN2O2/c1-14(7-4-8-19-10-14)16-9-13(18)17-12-6-3-2-5-11(12)15/h2-3,5-6,16H,4,7-10H2,1H3,(H,17,18). The molecule has 0 spiro atoms. The van der Waals surface area contributed by atoms with Gasteiger partial charge in [0.2, 0.25) is 5.91 Å². The maximum atomic E-state index is 13.4. The van der Waals surface area contributed by atoms with Crippen molar-refractivity contribution in [3.63, 3.8) is 0 Å². The molecule has 4 nitrogen and oxygen atoms in total. The Balaban J connectivity index is 1.83. The van der Waals surface area contributed by atoms with Crippen molar-refractivity contribution in [3.8, 4) is 0 Å². The van der Waals surface area contributed by atoms with Gasteiger partial charge in [0, 0.05) is 12.1 Å². The molecule has 1 atom stereocenters. The molecule has 1 amide bonds. The zero-order chi connectivity index (χ0) is 13.7. The maximum Gasteiger partial charge on any atom is 0.238 e. The van der Waals surface area contributed by atoms with Crippen LogP contribution in [0.15, 0.2) is 24.3 Å². The summed E-state index contributed by atoms with van der Waals surface area (Å²) in [5.41, 5.74) is 0.0320.